The molecule has 0 atom stereocenters. The molecule has 6 aromatic rings. The zero-order chi connectivity index (χ0) is 28.6. The van der Waals surface area contributed by atoms with Gasteiger partial charge in [0.15, 0.2) is 0 Å². The molecule has 0 heterocycles. The normalized spacial score (nSPS) is 10.6. The third-order valence-electron chi connectivity index (χ3n) is 6.98. The summed E-state index contributed by atoms with van der Waals surface area (Å²) in [5.74, 6) is 0. The van der Waals surface area contributed by atoms with E-state index in [1.807, 2.05) is 31.3 Å². The summed E-state index contributed by atoms with van der Waals surface area (Å²) in [7, 11) is 1.95. The lowest BCUT2D eigenvalue weighted by Crippen LogP contribution is -2.38. The maximum absolute atomic E-state index is 3.66. The van der Waals surface area contributed by atoms with E-state index in [2.05, 4.69) is 171 Å². The summed E-state index contributed by atoms with van der Waals surface area (Å²) >= 11 is 0. The van der Waals surface area contributed by atoms with Gasteiger partial charge in [-0.2, -0.15) is 0 Å². The molecule has 5 heteroatoms. The Labute approximate surface area is 247 Å². The van der Waals surface area contributed by atoms with Crippen LogP contribution in [-0.2, 0) is 0 Å². The van der Waals surface area contributed by atoms with E-state index in [0.29, 0.717) is 0 Å². The van der Waals surface area contributed by atoms with Crippen molar-refractivity contribution in [1.82, 2.24) is 5.43 Å². The van der Waals surface area contributed by atoms with Gasteiger partial charge in [0.05, 0.1) is 39.8 Å². The fraction of sp³-hybridized carbons (Fsp3) is 0.0270. The molecule has 6 aromatic carbocycles. The lowest BCUT2D eigenvalue weighted by atomic mass is 10.1. The quantitative estimate of drug-likeness (QED) is 0.167. The first kappa shape index (κ1) is 26.7. The van der Waals surface area contributed by atoms with Gasteiger partial charge in [-0.1, -0.05) is 97.1 Å². The highest BCUT2D eigenvalue weighted by molar-refractivity contribution is 5.89. The van der Waals surface area contributed by atoms with Crippen LogP contribution >= 0.6 is 0 Å². The first-order valence-electron chi connectivity index (χ1n) is 14.1. The van der Waals surface area contributed by atoms with Crippen molar-refractivity contribution in [2.24, 2.45) is 0 Å². The molecule has 0 amide bonds. The minimum atomic E-state index is 0.986. The Morgan fingerprint density at radius 3 is 1.33 bits per heavy atom. The van der Waals surface area contributed by atoms with Crippen LogP contribution in [0, 0.1) is 0 Å². The van der Waals surface area contributed by atoms with Crippen LogP contribution in [0.25, 0.3) is 0 Å². The molecule has 0 saturated carbocycles. The predicted molar refractivity (Wildman–Crippen MR) is 177 cm³/mol. The molecule has 0 bridgehead atoms. The average Bonchev–Trinajstić information content (AvgIpc) is 3.07. The summed E-state index contributed by atoms with van der Waals surface area (Å²) in [4.78, 5) is 0. The summed E-state index contributed by atoms with van der Waals surface area (Å²) in [6.07, 6.45) is 0. The van der Waals surface area contributed by atoms with E-state index in [4.69, 9.17) is 0 Å². The van der Waals surface area contributed by atoms with Gasteiger partial charge < -0.3 is 5.32 Å². The summed E-state index contributed by atoms with van der Waals surface area (Å²) in [5.41, 5.74) is 11.5. The molecule has 6 rings (SSSR count). The van der Waals surface area contributed by atoms with Crippen LogP contribution in [0.5, 0.6) is 0 Å². The number of hydrogen-bond donors (Lipinski definition) is 2. The SMILES string of the molecule is CNN(c1ccccc1)c1ccccc1N(c1ccccc1)N(c1ccccc1)c1ccccc1Nc1ccccc1. The minimum Gasteiger partial charge on any atom is -0.354 e. The number of hydrogen-bond acceptors (Lipinski definition) is 5. The molecule has 0 aliphatic heterocycles. The molecule has 0 radical (unpaired) electrons. The molecule has 0 saturated heterocycles. The van der Waals surface area contributed by atoms with Gasteiger partial charge in [0.25, 0.3) is 0 Å². The number of anilines is 8. The molecule has 0 unspecified atom stereocenters. The molecule has 5 nitrogen and oxygen atoms in total. The molecular weight excluding hydrogens is 514 g/mol. The molecule has 42 heavy (non-hydrogen) atoms. The first-order valence-corrected chi connectivity index (χ1v) is 14.1. The molecular formula is C37H33N5. The highest BCUT2D eigenvalue weighted by atomic mass is 15.6. The second kappa shape index (κ2) is 12.8. The van der Waals surface area contributed by atoms with E-state index in [-0.39, 0.29) is 0 Å². The topological polar surface area (TPSA) is 33.8 Å². The maximum atomic E-state index is 3.66. The molecule has 0 spiro atoms. The fourth-order valence-electron chi connectivity index (χ4n) is 5.10. The van der Waals surface area contributed by atoms with Crippen molar-refractivity contribution < 1.29 is 0 Å². The Balaban J connectivity index is 1.59. The number of benzene rings is 6. The standard InChI is InChI=1S/C37H33N5/c1-38-40(31-20-8-3-9-21-31)36-28-16-17-29-37(36)42(33-24-12-5-13-25-33)41(32-22-10-4-11-23-32)35-27-15-14-26-34(35)39-30-18-6-2-7-19-30/h2-29,38-39H,1H3. The van der Waals surface area contributed by atoms with Crippen LogP contribution < -0.4 is 25.8 Å². The van der Waals surface area contributed by atoms with Gasteiger partial charge in [-0.15, -0.1) is 0 Å². The van der Waals surface area contributed by atoms with Gasteiger partial charge in [-0.05, 0) is 72.8 Å². The number of para-hydroxylation sites is 8. The van der Waals surface area contributed by atoms with Gasteiger partial charge in [0, 0.05) is 12.7 Å². The second-order valence-corrected chi connectivity index (χ2v) is 9.69. The molecule has 0 aromatic heterocycles. The Morgan fingerprint density at radius 1 is 0.381 bits per heavy atom. The van der Waals surface area contributed by atoms with Gasteiger partial charge in [-0.25, -0.2) is 15.4 Å². The summed E-state index contributed by atoms with van der Waals surface area (Å²) in [6, 6.07) is 58.5. The van der Waals surface area contributed by atoms with E-state index >= 15 is 0 Å². The molecule has 206 valence electrons. The second-order valence-electron chi connectivity index (χ2n) is 9.69. The average molecular weight is 548 g/mol. The van der Waals surface area contributed by atoms with E-state index in [0.717, 1.165) is 45.5 Å². The zero-order valence-electron chi connectivity index (χ0n) is 23.5. The first-order chi connectivity index (χ1) is 20.8. The van der Waals surface area contributed by atoms with Crippen LogP contribution in [0.3, 0.4) is 0 Å². The third kappa shape index (κ3) is 5.68. The number of nitrogens with zero attached hydrogens (tertiary/aromatic N) is 3. The van der Waals surface area contributed by atoms with E-state index in [1.165, 1.54) is 0 Å². The van der Waals surface area contributed by atoms with Gasteiger partial charge in [0.1, 0.15) is 0 Å². The molecule has 2 N–H and O–H groups in total. The summed E-state index contributed by atoms with van der Waals surface area (Å²) in [6.45, 7) is 0. The smallest absolute Gasteiger partial charge is 0.0888 e. The van der Waals surface area contributed by atoms with E-state index in [1.54, 1.807) is 0 Å². The van der Waals surface area contributed by atoms with Gasteiger partial charge in [0.2, 0.25) is 0 Å². The maximum Gasteiger partial charge on any atom is 0.0888 e. The predicted octanol–water partition coefficient (Wildman–Crippen LogP) is 9.59. The monoisotopic (exact) mass is 547 g/mol. The Morgan fingerprint density at radius 2 is 0.786 bits per heavy atom. The van der Waals surface area contributed by atoms with Crippen LogP contribution in [0.4, 0.5) is 45.5 Å². The fourth-order valence-corrected chi connectivity index (χ4v) is 5.10. The van der Waals surface area contributed by atoms with Crippen molar-refractivity contribution in [3.8, 4) is 0 Å². The van der Waals surface area contributed by atoms with Crippen LogP contribution in [0.2, 0.25) is 0 Å². The minimum absolute atomic E-state index is 0.986. The largest absolute Gasteiger partial charge is 0.354 e. The Hall–Kier alpha value is -5.52. The Kier molecular flexibility index (Phi) is 8.11. The van der Waals surface area contributed by atoms with Crippen LogP contribution in [-0.4, -0.2) is 7.05 Å². The van der Waals surface area contributed by atoms with Crippen molar-refractivity contribution in [3.05, 3.63) is 170 Å². The number of rotatable bonds is 10. The van der Waals surface area contributed by atoms with Gasteiger partial charge in [-0.3, -0.25) is 5.01 Å². The van der Waals surface area contributed by atoms with Crippen molar-refractivity contribution in [2.45, 2.75) is 0 Å². The molecule has 0 aliphatic rings. The molecule has 0 aliphatic carbocycles. The lowest BCUT2D eigenvalue weighted by Gasteiger charge is -2.41. The zero-order valence-corrected chi connectivity index (χ0v) is 23.5. The lowest BCUT2D eigenvalue weighted by molar-refractivity contribution is 0.830. The van der Waals surface area contributed by atoms with Crippen LogP contribution in [0.15, 0.2) is 170 Å². The van der Waals surface area contributed by atoms with Crippen molar-refractivity contribution in [1.29, 1.82) is 0 Å². The number of nitrogens with one attached hydrogen (secondary N) is 2. The summed E-state index contributed by atoms with van der Waals surface area (Å²) in [5, 5.41) is 10.3. The Bertz CT molecular complexity index is 1690. The number of hydrazine groups is 2. The van der Waals surface area contributed by atoms with E-state index < -0.39 is 0 Å². The van der Waals surface area contributed by atoms with Crippen molar-refractivity contribution in [2.75, 3.05) is 27.4 Å². The highest BCUT2D eigenvalue weighted by Crippen LogP contribution is 2.44. The molecule has 0 fully saturated rings. The van der Waals surface area contributed by atoms with Gasteiger partial charge >= 0.3 is 0 Å². The van der Waals surface area contributed by atoms with Crippen molar-refractivity contribution in [3.63, 3.8) is 0 Å². The van der Waals surface area contributed by atoms with Crippen molar-refractivity contribution >= 4 is 45.5 Å². The van der Waals surface area contributed by atoms with E-state index in [9.17, 15) is 0 Å². The van der Waals surface area contributed by atoms with Crippen LogP contribution in [0.1, 0.15) is 0 Å². The summed E-state index contributed by atoms with van der Waals surface area (Å²) < 4.78 is 0. The highest BCUT2D eigenvalue weighted by Gasteiger charge is 2.27. The third-order valence-corrected chi connectivity index (χ3v) is 6.98.